The van der Waals surface area contributed by atoms with E-state index in [0.29, 0.717) is 5.69 Å². The van der Waals surface area contributed by atoms with Crippen LogP contribution in [0.25, 0.3) is 0 Å². The van der Waals surface area contributed by atoms with Gasteiger partial charge in [0.15, 0.2) is 11.6 Å². The zero-order valence-corrected chi connectivity index (χ0v) is 11.1. The first-order valence-corrected chi connectivity index (χ1v) is 5.84. The van der Waals surface area contributed by atoms with E-state index in [9.17, 15) is 9.18 Å². The SMILES string of the molecule is COc1cc(NC(C)C(=O)NC(C)C)ccc1F. The number of halogens is 1. The molecule has 1 atom stereocenters. The van der Waals surface area contributed by atoms with Gasteiger partial charge in [-0.15, -0.1) is 0 Å². The fourth-order valence-electron chi connectivity index (χ4n) is 1.47. The maximum Gasteiger partial charge on any atom is 0.242 e. The van der Waals surface area contributed by atoms with Crippen LogP contribution < -0.4 is 15.4 Å². The molecule has 0 aliphatic rings. The summed E-state index contributed by atoms with van der Waals surface area (Å²) in [6.45, 7) is 5.53. The fourth-order valence-corrected chi connectivity index (χ4v) is 1.47. The van der Waals surface area contributed by atoms with Crippen LogP contribution >= 0.6 is 0 Å². The Morgan fingerprint density at radius 3 is 2.56 bits per heavy atom. The number of anilines is 1. The second kappa shape index (κ2) is 6.23. The van der Waals surface area contributed by atoms with Crippen LogP contribution in [0.3, 0.4) is 0 Å². The van der Waals surface area contributed by atoms with Gasteiger partial charge in [0.25, 0.3) is 0 Å². The second-order valence-corrected chi connectivity index (χ2v) is 4.38. The Balaban J connectivity index is 2.69. The number of amides is 1. The summed E-state index contributed by atoms with van der Waals surface area (Å²) in [6.07, 6.45) is 0. The highest BCUT2D eigenvalue weighted by Crippen LogP contribution is 2.21. The number of ether oxygens (including phenoxy) is 1. The first-order valence-electron chi connectivity index (χ1n) is 5.84. The average molecular weight is 254 g/mol. The van der Waals surface area contributed by atoms with Gasteiger partial charge in [0.1, 0.15) is 6.04 Å². The molecule has 5 heteroatoms. The maximum atomic E-state index is 13.2. The number of hydrogen-bond acceptors (Lipinski definition) is 3. The van der Waals surface area contributed by atoms with Crippen molar-refractivity contribution < 1.29 is 13.9 Å². The molecule has 1 unspecified atom stereocenters. The first kappa shape index (κ1) is 14.3. The number of hydrogen-bond donors (Lipinski definition) is 2. The van der Waals surface area contributed by atoms with Crippen molar-refractivity contribution in [3.63, 3.8) is 0 Å². The molecule has 0 aromatic heterocycles. The molecule has 1 aromatic carbocycles. The van der Waals surface area contributed by atoms with Gasteiger partial charge in [-0.2, -0.15) is 0 Å². The third kappa shape index (κ3) is 3.91. The van der Waals surface area contributed by atoms with E-state index in [1.165, 1.54) is 19.2 Å². The molecule has 1 rings (SSSR count). The molecular weight excluding hydrogens is 235 g/mol. The van der Waals surface area contributed by atoms with Crippen molar-refractivity contribution in [3.05, 3.63) is 24.0 Å². The van der Waals surface area contributed by atoms with Crippen LogP contribution in [0, 0.1) is 5.82 Å². The highest BCUT2D eigenvalue weighted by atomic mass is 19.1. The molecule has 0 heterocycles. The zero-order valence-electron chi connectivity index (χ0n) is 11.1. The lowest BCUT2D eigenvalue weighted by Crippen LogP contribution is -2.40. The van der Waals surface area contributed by atoms with Crippen molar-refractivity contribution in [1.29, 1.82) is 0 Å². The molecule has 0 saturated carbocycles. The monoisotopic (exact) mass is 254 g/mol. The highest BCUT2D eigenvalue weighted by molar-refractivity contribution is 5.84. The molecule has 1 aromatic rings. The normalized spacial score (nSPS) is 12.1. The average Bonchev–Trinajstić information content (AvgIpc) is 2.30. The van der Waals surface area contributed by atoms with Crippen LogP contribution in [0.2, 0.25) is 0 Å². The highest BCUT2D eigenvalue weighted by Gasteiger charge is 2.14. The van der Waals surface area contributed by atoms with Gasteiger partial charge < -0.3 is 15.4 Å². The molecule has 0 bridgehead atoms. The van der Waals surface area contributed by atoms with Crippen LogP contribution in [-0.4, -0.2) is 25.1 Å². The smallest absolute Gasteiger partial charge is 0.242 e. The van der Waals surface area contributed by atoms with Gasteiger partial charge in [-0.05, 0) is 32.9 Å². The van der Waals surface area contributed by atoms with Crippen molar-refractivity contribution in [2.45, 2.75) is 32.9 Å². The van der Waals surface area contributed by atoms with E-state index in [2.05, 4.69) is 10.6 Å². The van der Waals surface area contributed by atoms with E-state index >= 15 is 0 Å². The number of nitrogens with one attached hydrogen (secondary N) is 2. The van der Waals surface area contributed by atoms with Gasteiger partial charge in [0.2, 0.25) is 5.91 Å². The molecule has 0 aliphatic carbocycles. The van der Waals surface area contributed by atoms with Crippen LogP contribution in [0.1, 0.15) is 20.8 Å². The summed E-state index contributed by atoms with van der Waals surface area (Å²) in [6, 6.07) is 4.08. The van der Waals surface area contributed by atoms with Crippen molar-refractivity contribution in [1.82, 2.24) is 5.32 Å². The Labute approximate surface area is 107 Å². The molecule has 0 spiro atoms. The molecule has 18 heavy (non-hydrogen) atoms. The summed E-state index contributed by atoms with van der Waals surface area (Å²) >= 11 is 0. The second-order valence-electron chi connectivity index (χ2n) is 4.38. The van der Waals surface area contributed by atoms with E-state index in [0.717, 1.165) is 0 Å². The zero-order chi connectivity index (χ0) is 13.7. The van der Waals surface area contributed by atoms with Crippen LogP contribution in [0.4, 0.5) is 10.1 Å². The first-order chi connectivity index (χ1) is 8.43. The van der Waals surface area contributed by atoms with Gasteiger partial charge in [-0.25, -0.2) is 4.39 Å². The third-order valence-electron chi connectivity index (χ3n) is 2.36. The van der Waals surface area contributed by atoms with Gasteiger partial charge in [0.05, 0.1) is 7.11 Å². The number of methoxy groups -OCH3 is 1. The van der Waals surface area contributed by atoms with Crippen LogP contribution in [0.15, 0.2) is 18.2 Å². The maximum absolute atomic E-state index is 13.2. The number of benzene rings is 1. The standard InChI is InChI=1S/C13H19FN2O2/c1-8(2)15-13(17)9(3)16-10-5-6-11(14)12(7-10)18-4/h5-9,16H,1-4H3,(H,15,17). The van der Waals surface area contributed by atoms with Crippen molar-refractivity contribution >= 4 is 11.6 Å². The Hall–Kier alpha value is -1.78. The largest absolute Gasteiger partial charge is 0.494 e. The Bertz CT molecular complexity index is 421. The number of carbonyl (C=O) groups excluding carboxylic acids is 1. The van der Waals surface area contributed by atoms with Crippen molar-refractivity contribution in [2.24, 2.45) is 0 Å². The van der Waals surface area contributed by atoms with Crippen LogP contribution in [-0.2, 0) is 4.79 Å². The molecule has 0 fully saturated rings. The molecule has 1 amide bonds. The summed E-state index contributed by atoms with van der Waals surface area (Å²) in [5.74, 6) is -0.382. The van der Waals surface area contributed by atoms with E-state index in [4.69, 9.17) is 4.74 Å². The van der Waals surface area contributed by atoms with Gasteiger partial charge in [0, 0.05) is 17.8 Å². The predicted octanol–water partition coefficient (Wildman–Crippen LogP) is 2.16. The van der Waals surface area contributed by atoms with Gasteiger partial charge >= 0.3 is 0 Å². The van der Waals surface area contributed by atoms with Gasteiger partial charge in [-0.1, -0.05) is 0 Å². The lowest BCUT2D eigenvalue weighted by atomic mass is 10.2. The molecule has 4 nitrogen and oxygen atoms in total. The number of carbonyl (C=O) groups is 1. The van der Waals surface area contributed by atoms with Crippen molar-refractivity contribution in [3.8, 4) is 5.75 Å². The van der Waals surface area contributed by atoms with Crippen LogP contribution in [0.5, 0.6) is 5.75 Å². The summed E-state index contributed by atoms with van der Waals surface area (Å²) in [5, 5.41) is 5.79. The molecule has 100 valence electrons. The molecular formula is C13H19FN2O2. The topological polar surface area (TPSA) is 50.4 Å². The Morgan fingerprint density at radius 1 is 1.33 bits per heavy atom. The Kier molecular flexibility index (Phi) is 4.95. The molecule has 2 N–H and O–H groups in total. The minimum Gasteiger partial charge on any atom is -0.494 e. The van der Waals surface area contributed by atoms with E-state index in [1.807, 2.05) is 13.8 Å². The lowest BCUT2D eigenvalue weighted by Gasteiger charge is -2.17. The van der Waals surface area contributed by atoms with E-state index in [1.54, 1.807) is 13.0 Å². The molecule has 0 saturated heterocycles. The van der Waals surface area contributed by atoms with Crippen molar-refractivity contribution in [2.75, 3.05) is 12.4 Å². The summed E-state index contributed by atoms with van der Waals surface area (Å²) in [7, 11) is 1.40. The lowest BCUT2D eigenvalue weighted by molar-refractivity contribution is -0.122. The summed E-state index contributed by atoms with van der Waals surface area (Å²) in [4.78, 5) is 11.7. The fraction of sp³-hybridized carbons (Fsp3) is 0.462. The van der Waals surface area contributed by atoms with E-state index in [-0.39, 0.29) is 17.7 Å². The van der Waals surface area contributed by atoms with Gasteiger partial charge in [-0.3, -0.25) is 4.79 Å². The minimum atomic E-state index is -0.428. The molecule has 0 aliphatic heterocycles. The summed E-state index contributed by atoms with van der Waals surface area (Å²) in [5.41, 5.74) is 0.639. The molecule has 0 radical (unpaired) electrons. The number of rotatable bonds is 5. The minimum absolute atomic E-state index is 0.0875. The third-order valence-corrected chi connectivity index (χ3v) is 2.36. The Morgan fingerprint density at radius 2 is 2.00 bits per heavy atom. The predicted molar refractivity (Wildman–Crippen MR) is 69.3 cm³/mol. The summed E-state index contributed by atoms with van der Waals surface area (Å²) < 4.78 is 18.1. The van der Waals surface area contributed by atoms with E-state index < -0.39 is 11.9 Å². The quantitative estimate of drug-likeness (QED) is 0.846.